The quantitative estimate of drug-likeness (QED) is 0.113. The molecule has 16 nitrogen and oxygen atoms in total. The molecule has 0 unspecified atom stereocenters. The summed E-state index contributed by atoms with van der Waals surface area (Å²) in [7, 11) is 1.52. The number of benzene rings is 1. The number of anilines is 1. The predicted octanol–water partition coefficient (Wildman–Crippen LogP) is -0.452. The lowest BCUT2D eigenvalue weighted by Crippen LogP contribution is -2.70. The Hall–Kier alpha value is -4.19. The highest BCUT2D eigenvalue weighted by atomic mass is 16.6. The van der Waals surface area contributed by atoms with E-state index >= 15 is 0 Å². The van der Waals surface area contributed by atoms with Gasteiger partial charge in [-0.1, -0.05) is 6.08 Å². The number of hydrogen-bond donors (Lipinski definition) is 7. The normalized spacial score (nSPS) is 24.9. The number of aliphatic hydroxyl groups excluding tert-OH is 2. The molecule has 5 heterocycles. The summed E-state index contributed by atoms with van der Waals surface area (Å²) in [5.74, 6) is 0.566. The van der Waals surface area contributed by atoms with E-state index in [1.54, 1.807) is 32.3 Å². The molecule has 0 spiro atoms. The molecule has 6 rings (SSSR count). The Labute approximate surface area is 277 Å². The Kier molecular flexibility index (Phi) is 9.64. The van der Waals surface area contributed by atoms with Crippen molar-refractivity contribution in [3.63, 3.8) is 0 Å². The van der Waals surface area contributed by atoms with Crippen molar-refractivity contribution in [2.75, 3.05) is 31.9 Å². The van der Waals surface area contributed by atoms with Crippen molar-refractivity contribution in [2.24, 2.45) is 5.73 Å². The number of nitrogens with one attached hydrogen (secondary N) is 3. The van der Waals surface area contributed by atoms with Crippen molar-refractivity contribution in [3.05, 3.63) is 47.0 Å². The van der Waals surface area contributed by atoms with Gasteiger partial charge in [0.05, 0.1) is 43.7 Å². The van der Waals surface area contributed by atoms with E-state index in [1.165, 1.54) is 7.11 Å². The molecule has 1 aromatic carbocycles. The Balaban J connectivity index is 1.38. The van der Waals surface area contributed by atoms with Crippen LogP contribution in [-0.2, 0) is 33.9 Å². The molecule has 0 saturated carbocycles. The number of esters is 1. The molecule has 1 amide bonds. The van der Waals surface area contributed by atoms with E-state index in [4.69, 9.17) is 24.7 Å². The maximum Gasteiger partial charge on any atom is 0.374 e. The number of aromatic nitrogens is 2. The monoisotopic (exact) mass is 669 g/mol. The molecule has 0 bridgehead atoms. The molecule has 0 radical (unpaired) electrons. The first-order valence-electron chi connectivity index (χ1n) is 16.1. The van der Waals surface area contributed by atoms with Crippen molar-refractivity contribution in [2.45, 2.75) is 82.9 Å². The third kappa shape index (κ3) is 6.10. The third-order valence-electron chi connectivity index (χ3n) is 9.13. The van der Waals surface area contributed by atoms with Crippen LogP contribution in [0.4, 0.5) is 5.95 Å². The number of nitrogens with zero attached hydrogens (tertiary/aromatic N) is 3. The second kappa shape index (κ2) is 13.7. The van der Waals surface area contributed by atoms with Crippen LogP contribution in [0.15, 0.2) is 30.3 Å². The van der Waals surface area contributed by atoms with Gasteiger partial charge in [-0.3, -0.25) is 21.2 Å². The molecular weight excluding hydrogens is 626 g/mol. The highest BCUT2D eigenvalue weighted by Crippen LogP contribution is 2.53. The summed E-state index contributed by atoms with van der Waals surface area (Å²) in [5.41, 5.74) is 6.81. The fourth-order valence-electron chi connectivity index (χ4n) is 6.73. The molecule has 4 aliphatic heterocycles. The van der Waals surface area contributed by atoms with Crippen LogP contribution in [0, 0.1) is 0 Å². The number of carbonyl (C=O) groups excluding carboxylic acids is 2. The maximum absolute atomic E-state index is 13.0. The largest absolute Gasteiger partial charge is 0.496 e. The van der Waals surface area contributed by atoms with E-state index in [0.717, 1.165) is 0 Å². The molecule has 2 fully saturated rings. The molecule has 5 atom stereocenters. The van der Waals surface area contributed by atoms with E-state index in [-0.39, 0.29) is 37.2 Å². The minimum atomic E-state index is -1.24. The van der Waals surface area contributed by atoms with Crippen molar-refractivity contribution in [1.82, 2.24) is 25.5 Å². The molecule has 48 heavy (non-hydrogen) atoms. The number of rotatable bonds is 12. The van der Waals surface area contributed by atoms with Crippen LogP contribution in [0.25, 0.3) is 5.57 Å². The van der Waals surface area contributed by atoms with E-state index in [1.807, 2.05) is 15.5 Å². The maximum atomic E-state index is 13.0. The highest BCUT2D eigenvalue weighted by Gasteiger charge is 2.45. The molecule has 8 N–H and O–H groups in total. The average molecular weight is 670 g/mol. The number of aliphatic hydroxyl groups is 3. The van der Waals surface area contributed by atoms with Crippen LogP contribution >= 0.6 is 0 Å². The number of methoxy groups -OCH3 is 1. The van der Waals surface area contributed by atoms with Crippen molar-refractivity contribution < 1.29 is 43.9 Å². The number of allylic oxidation sites excluding steroid dienone is 3. The lowest BCUT2D eigenvalue weighted by atomic mass is 9.87. The second-order valence-electron chi connectivity index (χ2n) is 12.3. The first-order chi connectivity index (χ1) is 23.1. The van der Waals surface area contributed by atoms with Crippen LogP contribution in [0.2, 0.25) is 0 Å². The molecule has 0 aliphatic carbocycles. The predicted molar refractivity (Wildman–Crippen MR) is 171 cm³/mol. The van der Waals surface area contributed by atoms with E-state index in [9.17, 15) is 24.9 Å². The zero-order chi connectivity index (χ0) is 34.2. The summed E-state index contributed by atoms with van der Waals surface area (Å²) in [6.45, 7) is 3.70. The lowest BCUT2D eigenvalue weighted by molar-refractivity contribution is -0.141. The summed E-state index contributed by atoms with van der Waals surface area (Å²) in [6.07, 6.45) is 6.96. The van der Waals surface area contributed by atoms with Gasteiger partial charge in [0.1, 0.15) is 41.8 Å². The Morgan fingerprint density at radius 3 is 2.83 bits per heavy atom. The first kappa shape index (κ1) is 33.7. The molecular formula is C32H43N7O9. The van der Waals surface area contributed by atoms with Gasteiger partial charge in [-0.05, 0) is 44.8 Å². The van der Waals surface area contributed by atoms with Crippen LogP contribution in [0.5, 0.6) is 17.2 Å². The standard InChI is InChI=1S/C32H43N7O9/c1-4-46-29(43)20-13-17(7-10-38-11-9-34-31(38)39-16-35-23-27(39)36-30(33)37-28(23)42)22-25(45-3)18-14-21(32(2,44)8-5-6-12-40)48-24(18)19(15-41)26(22)47-20/h7,9,11,13,21,23,27,30,35-36,40-41,44H,4-6,8,10,12,14-16,33H2,1-3H3,(H,37,42)/b17-7+/t21-,23-,27-,30-,32-/m0/s1. The minimum absolute atomic E-state index is 0.0259. The average Bonchev–Trinajstić information content (AvgIpc) is 3.81. The lowest BCUT2D eigenvalue weighted by Gasteiger charge is -2.35. The summed E-state index contributed by atoms with van der Waals surface area (Å²) < 4.78 is 25.6. The van der Waals surface area contributed by atoms with Gasteiger partial charge in [0.2, 0.25) is 17.6 Å². The second-order valence-corrected chi connectivity index (χ2v) is 12.3. The molecule has 2 saturated heterocycles. The minimum Gasteiger partial charge on any atom is -0.496 e. The smallest absolute Gasteiger partial charge is 0.374 e. The summed E-state index contributed by atoms with van der Waals surface area (Å²) in [5, 5.41) is 40.3. The number of nitrogens with two attached hydrogens (primary N) is 1. The van der Waals surface area contributed by atoms with Crippen molar-refractivity contribution in [1.29, 1.82) is 0 Å². The van der Waals surface area contributed by atoms with Gasteiger partial charge in [0.25, 0.3) is 0 Å². The van der Waals surface area contributed by atoms with Gasteiger partial charge in [0, 0.05) is 37.5 Å². The van der Waals surface area contributed by atoms with Crippen molar-refractivity contribution >= 4 is 23.4 Å². The van der Waals surface area contributed by atoms with Gasteiger partial charge in [-0.25, -0.2) is 9.78 Å². The summed E-state index contributed by atoms with van der Waals surface area (Å²) in [4.78, 5) is 32.0. The van der Waals surface area contributed by atoms with E-state index < -0.39 is 42.8 Å². The Morgan fingerprint density at radius 1 is 1.29 bits per heavy atom. The van der Waals surface area contributed by atoms with Gasteiger partial charge < -0.3 is 49.1 Å². The van der Waals surface area contributed by atoms with Crippen LogP contribution in [-0.4, -0.2) is 93.9 Å². The third-order valence-corrected chi connectivity index (χ3v) is 9.13. The number of imidazole rings is 1. The van der Waals surface area contributed by atoms with Gasteiger partial charge in [0.15, 0.2) is 0 Å². The zero-order valence-corrected chi connectivity index (χ0v) is 27.2. The number of ether oxygens (including phenoxy) is 4. The fraction of sp³-hybridized carbons (Fsp3) is 0.531. The Bertz CT molecular complexity index is 1620. The van der Waals surface area contributed by atoms with Crippen molar-refractivity contribution in [3.8, 4) is 17.2 Å². The number of amides is 1. The molecule has 4 aliphatic rings. The van der Waals surface area contributed by atoms with Gasteiger partial charge >= 0.3 is 5.97 Å². The number of carbonyl (C=O) groups is 2. The first-order valence-corrected chi connectivity index (χ1v) is 16.1. The molecule has 1 aromatic heterocycles. The number of unbranched alkanes of at least 4 members (excludes halogenated alkanes) is 1. The topological polar surface area (TPSA) is 215 Å². The molecule has 2 aromatic rings. The summed E-state index contributed by atoms with van der Waals surface area (Å²) >= 11 is 0. The highest BCUT2D eigenvalue weighted by molar-refractivity contribution is 5.96. The fourth-order valence-corrected chi connectivity index (χ4v) is 6.73. The number of fused-ring (bicyclic) bond motifs is 3. The zero-order valence-electron chi connectivity index (χ0n) is 27.2. The summed E-state index contributed by atoms with van der Waals surface area (Å²) in [6, 6.07) is -0.518. The van der Waals surface area contributed by atoms with E-state index in [0.29, 0.717) is 72.1 Å². The SMILES string of the molecule is CCOC(=O)C1=C/C(=C\Cn2ccnc2N2CN[C@@H]3C(=O)N[C@@H](N)N[C@H]32)c2c(OC)c3c(c(CO)c2O1)O[C@H]([C@@](C)(O)CCCCO)C3. The van der Waals surface area contributed by atoms with Gasteiger partial charge in [-0.15, -0.1) is 0 Å². The van der Waals surface area contributed by atoms with Crippen LogP contribution in [0.1, 0.15) is 49.8 Å². The van der Waals surface area contributed by atoms with Crippen LogP contribution in [0.3, 0.4) is 0 Å². The number of hydrogen-bond acceptors (Lipinski definition) is 14. The molecule has 16 heteroatoms. The van der Waals surface area contributed by atoms with Crippen LogP contribution < -0.4 is 40.8 Å². The van der Waals surface area contributed by atoms with E-state index in [2.05, 4.69) is 20.9 Å². The van der Waals surface area contributed by atoms with Gasteiger partial charge in [-0.2, -0.15) is 0 Å². The molecule has 260 valence electrons. The Morgan fingerprint density at radius 2 is 2.10 bits per heavy atom.